The predicted octanol–water partition coefficient (Wildman–Crippen LogP) is 3.20. The van der Waals surface area contributed by atoms with E-state index in [0.717, 1.165) is 0 Å². The highest BCUT2D eigenvalue weighted by Gasteiger charge is 2.30. The highest BCUT2D eigenvalue weighted by atomic mass is 31.2. The molecule has 0 heterocycles. The van der Waals surface area contributed by atoms with E-state index < -0.39 is 19.1 Å². The summed E-state index contributed by atoms with van der Waals surface area (Å²) in [4.78, 5) is 23.0. The lowest BCUT2D eigenvalue weighted by Gasteiger charge is -2.20. The standard InChI is InChI=1S/C22H19O5P/c1-2-27-22(25)17-10-14-20(15-11-17)28(26,18-6-4-3-5-7-18)19-12-8-16(9-13-19)21(23)24/h3-15H,2H2,1H3,(H,23,24). The molecule has 1 atom stereocenters. The first-order chi connectivity index (χ1) is 13.5. The third kappa shape index (κ3) is 3.75. The van der Waals surface area contributed by atoms with Gasteiger partial charge in [0, 0.05) is 15.9 Å². The number of carboxylic acids is 1. The van der Waals surface area contributed by atoms with Crippen molar-refractivity contribution in [3.8, 4) is 0 Å². The molecule has 142 valence electrons. The van der Waals surface area contributed by atoms with Gasteiger partial charge in [-0.05, 0) is 31.2 Å². The van der Waals surface area contributed by atoms with Crippen molar-refractivity contribution >= 4 is 35.0 Å². The van der Waals surface area contributed by atoms with Gasteiger partial charge in [-0.2, -0.15) is 0 Å². The minimum absolute atomic E-state index is 0.126. The molecule has 0 aliphatic rings. The molecular weight excluding hydrogens is 375 g/mol. The fraction of sp³-hybridized carbons (Fsp3) is 0.0909. The van der Waals surface area contributed by atoms with Crippen molar-refractivity contribution in [3.63, 3.8) is 0 Å². The summed E-state index contributed by atoms with van der Waals surface area (Å²) in [5.74, 6) is -1.48. The summed E-state index contributed by atoms with van der Waals surface area (Å²) in [5.41, 5.74) is 0.507. The second-order valence-electron chi connectivity index (χ2n) is 6.06. The molecule has 1 N–H and O–H groups in total. The molecule has 5 nitrogen and oxygen atoms in total. The number of carbonyl (C=O) groups excluding carboxylic acids is 1. The normalized spacial score (nSPS) is 12.8. The number of aromatic carboxylic acids is 1. The molecule has 0 radical (unpaired) electrons. The molecule has 0 bridgehead atoms. The Labute approximate surface area is 163 Å². The second-order valence-corrected chi connectivity index (χ2v) is 8.83. The van der Waals surface area contributed by atoms with Crippen molar-refractivity contribution in [1.82, 2.24) is 0 Å². The van der Waals surface area contributed by atoms with Crippen LogP contribution in [0.4, 0.5) is 0 Å². The molecule has 3 rings (SSSR count). The first-order valence-electron chi connectivity index (χ1n) is 8.74. The highest BCUT2D eigenvalue weighted by molar-refractivity contribution is 7.85. The summed E-state index contributed by atoms with van der Waals surface area (Å²) in [6.07, 6.45) is 0. The quantitative estimate of drug-likeness (QED) is 0.513. The Morgan fingerprint density at radius 2 is 1.25 bits per heavy atom. The van der Waals surface area contributed by atoms with Gasteiger partial charge in [0.25, 0.3) is 0 Å². The van der Waals surface area contributed by atoms with Crippen LogP contribution in [0.25, 0.3) is 0 Å². The van der Waals surface area contributed by atoms with Gasteiger partial charge < -0.3 is 14.4 Å². The van der Waals surface area contributed by atoms with Crippen molar-refractivity contribution in [3.05, 3.63) is 90.0 Å². The van der Waals surface area contributed by atoms with E-state index in [1.165, 1.54) is 12.1 Å². The number of hydrogen-bond acceptors (Lipinski definition) is 4. The minimum atomic E-state index is -3.24. The fourth-order valence-electron chi connectivity index (χ4n) is 2.92. The van der Waals surface area contributed by atoms with Crippen LogP contribution >= 0.6 is 7.14 Å². The summed E-state index contributed by atoms with van der Waals surface area (Å²) in [6.45, 7) is 2.01. The van der Waals surface area contributed by atoms with Crippen molar-refractivity contribution < 1.29 is 24.0 Å². The van der Waals surface area contributed by atoms with Crippen LogP contribution in [0.3, 0.4) is 0 Å². The van der Waals surface area contributed by atoms with E-state index in [2.05, 4.69) is 0 Å². The number of carbonyl (C=O) groups is 2. The number of hydrogen-bond donors (Lipinski definition) is 1. The molecule has 0 aliphatic carbocycles. The first kappa shape index (κ1) is 19.6. The number of rotatable bonds is 6. The van der Waals surface area contributed by atoms with Crippen LogP contribution in [0.2, 0.25) is 0 Å². The Morgan fingerprint density at radius 3 is 1.71 bits per heavy atom. The topological polar surface area (TPSA) is 80.7 Å². The summed E-state index contributed by atoms with van der Waals surface area (Å²) >= 11 is 0. The average molecular weight is 394 g/mol. The molecule has 0 fully saturated rings. The third-order valence-corrected chi connectivity index (χ3v) is 7.42. The summed E-state index contributed by atoms with van der Waals surface area (Å²) in [6, 6.07) is 21.6. The zero-order valence-corrected chi connectivity index (χ0v) is 16.1. The molecule has 0 amide bonds. The number of esters is 1. The molecule has 3 aromatic carbocycles. The Morgan fingerprint density at radius 1 is 0.786 bits per heavy atom. The SMILES string of the molecule is CCOC(=O)c1ccc(P(=O)(c2ccccc2)c2ccc(C(=O)O)cc2)cc1. The number of benzene rings is 3. The van der Waals surface area contributed by atoms with Gasteiger partial charge >= 0.3 is 11.9 Å². The Kier molecular flexibility index (Phi) is 5.76. The van der Waals surface area contributed by atoms with Crippen molar-refractivity contribution in [2.45, 2.75) is 6.92 Å². The van der Waals surface area contributed by atoms with E-state index in [4.69, 9.17) is 9.84 Å². The maximum Gasteiger partial charge on any atom is 0.338 e. The van der Waals surface area contributed by atoms with E-state index in [1.807, 2.05) is 6.07 Å². The largest absolute Gasteiger partial charge is 0.478 e. The molecule has 1 unspecified atom stereocenters. The molecular formula is C22H19O5P. The van der Waals surface area contributed by atoms with Crippen molar-refractivity contribution in [2.75, 3.05) is 6.61 Å². The third-order valence-electron chi connectivity index (χ3n) is 4.34. The maximum atomic E-state index is 14.2. The van der Waals surface area contributed by atoms with Crippen LogP contribution < -0.4 is 15.9 Å². The van der Waals surface area contributed by atoms with Crippen molar-refractivity contribution in [2.24, 2.45) is 0 Å². The highest BCUT2D eigenvalue weighted by Crippen LogP contribution is 2.42. The van der Waals surface area contributed by atoms with Gasteiger partial charge in [0.1, 0.15) is 0 Å². The lowest BCUT2D eigenvalue weighted by molar-refractivity contribution is 0.0526. The Bertz CT molecular complexity index is 1020. The average Bonchev–Trinajstić information content (AvgIpc) is 2.74. The number of carboxylic acid groups (broad SMARTS) is 1. The van der Waals surface area contributed by atoms with E-state index in [9.17, 15) is 14.2 Å². The maximum absolute atomic E-state index is 14.2. The van der Waals surface area contributed by atoms with Gasteiger partial charge in [0.2, 0.25) is 0 Å². The lowest BCUT2D eigenvalue weighted by Crippen LogP contribution is -2.25. The molecule has 0 spiro atoms. The lowest BCUT2D eigenvalue weighted by atomic mass is 10.2. The molecule has 0 aromatic heterocycles. The van der Waals surface area contributed by atoms with Gasteiger partial charge in [0.15, 0.2) is 7.14 Å². The van der Waals surface area contributed by atoms with Crippen LogP contribution in [0.15, 0.2) is 78.9 Å². The monoisotopic (exact) mass is 394 g/mol. The zero-order valence-electron chi connectivity index (χ0n) is 15.2. The molecule has 0 saturated carbocycles. The molecule has 6 heteroatoms. The predicted molar refractivity (Wildman–Crippen MR) is 109 cm³/mol. The Hall–Kier alpha value is -3.17. The second kappa shape index (κ2) is 8.24. The molecule has 28 heavy (non-hydrogen) atoms. The summed E-state index contributed by atoms with van der Waals surface area (Å²) in [5, 5.41) is 10.8. The van der Waals surface area contributed by atoms with Crippen LogP contribution in [-0.2, 0) is 9.30 Å². The van der Waals surface area contributed by atoms with E-state index in [0.29, 0.717) is 21.5 Å². The van der Waals surface area contributed by atoms with Crippen molar-refractivity contribution in [1.29, 1.82) is 0 Å². The van der Waals surface area contributed by atoms with E-state index >= 15 is 0 Å². The fourth-order valence-corrected chi connectivity index (χ4v) is 5.55. The van der Waals surface area contributed by atoms with Gasteiger partial charge in [-0.25, -0.2) is 9.59 Å². The van der Waals surface area contributed by atoms with Gasteiger partial charge in [-0.15, -0.1) is 0 Å². The van der Waals surface area contributed by atoms with Gasteiger partial charge in [0.05, 0.1) is 17.7 Å². The molecule has 0 saturated heterocycles. The van der Waals surface area contributed by atoms with Crippen LogP contribution in [0.1, 0.15) is 27.6 Å². The number of ether oxygens (including phenoxy) is 1. The van der Waals surface area contributed by atoms with E-state index in [1.54, 1.807) is 67.6 Å². The first-order valence-corrected chi connectivity index (χ1v) is 10.4. The molecule has 0 aliphatic heterocycles. The Balaban J connectivity index is 2.11. The van der Waals surface area contributed by atoms with Crippen LogP contribution in [0, 0.1) is 0 Å². The zero-order chi connectivity index (χ0) is 20.1. The van der Waals surface area contributed by atoms with Crippen LogP contribution in [-0.4, -0.2) is 23.7 Å². The van der Waals surface area contributed by atoms with Gasteiger partial charge in [-0.1, -0.05) is 54.6 Å². The van der Waals surface area contributed by atoms with E-state index in [-0.39, 0.29) is 12.2 Å². The van der Waals surface area contributed by atoms with Gasteiger partial charge in [-0.3, -0.25) is 0 Å². The smallest absolute Gasteiger partial charge is 0.338 e. The molecule has 3 aromatic rings. The minimum Gasteiger partial charge on any atom is -0.478 e. The summed E-state index contributed by atoms with van der Waals surface area (Å²) < 4.78 is 19.2. The summed E-state index contributed by atoms with van der Waals surface area (Å²) in [7, 11) is -3.24. The van der Waals surface area contributed by atoms with Crippen LogP contribution in [0.5, 0.6) is 0 Å².